The fourth-order valence-corrected chi connectivity index (χ4v) is 9.33. The van der Waals surface area contributed by atoms with Crippen molar-refractivity contribution >= 4 is 56.4 Å². The Morgan fingerprint density at radius 2 is 1.92 bits per heavy atom. The Balaban J connectivity index is 1.38. The van der Waals surface area contributed by atoms with Gasteiger partial charge >= 0.3 is 6.09 Å². The number of sulfonamides is 1. The van der Waals surface area contributed by atoms with Crippen molar-refractivity contribution in [3.63, 3.8) is 0 Å². The van der Waals surface area contributed by atoms with Gasteiger partial charge in [0, 0.05) is 23.9 Å². The number of rotatable bonds is 7. The molecule has 4 aliphatic rings. The second kappa shape index (κ2) is 14.3. The van der Waals surface area contributed by atoms with Gasteiger partial charge in [0.1, 0.15) is 29.1 Å². The second-order valence-corrected chi connectivity index (χ2v) is 17.9. The largest absolute Gasteiger partial charge is 0.471 e. The first-order valence-electron chi connectivity index (χ1n) is 17.5. The van der Waals surface area contributed by atoms with E-state index in [1.807, 2.05) is 39.2 Å². The molecule has 4 amide bonds. The maximum atomic E-state index is 14.7. The maximum Gasteiger partial charge on any atom is 0.407 e. The minimum absolute atomic E-state index is 0.0407. The van der Waals surface area contributed by atoms with Crippen molar-refractivity contribution in [1.29, 1.82) is 0 Å². The number of hydrogen-bond donors (Lipinski definition) is 3. The summed E-state index contributed by atoms with van der Waals surface area (Å²) in [5.74, 6) is -2.14. The summed E-state index contributed by atoms with van der Waals surface area (Å²) < 4.78 is 39.7. The molecule has 15 heteroatoms. The highest BCUT2D eigenvalue weighted by molar-refractivity contribution is 7.99. The molecule has 2 saturated carbocycles. The molecule has 1 saturated heterocycles. The minimum Gasteiger partial charge on any atom is -0.471 e. The molecule has 2 aliphatic carbocycles. The van der Waals surface area contributed by atoms with Crippen LogP contribution in [0.1, 0.15) is 71.3 Å². The number of nitrogens with one attached hydrogen (secondary N) is 3. The standard InChI is InChI=1S/C36H47N5O8S2/c1-6-23-20-36(23,33(44)40-51(46,47)24-13-14-24)39-29(42)26-19-27-32(50-5)41(26)31(43)28(35(2,3)4)38-34(45)48-17-9-7-8-10-21-11-12-22-15-16-37-30(49-27)25(22)18-21/h6,11-12,15-16,18,23-24,26-28,32H,1,7-10,13-14,17,19-20H2,2-5H3,(H,38,45)(H,39,42)(H,40,44)/t23-,26+,27-,28-,32?,36-/m1/s1. The van der Waals surface area contributed by atoms with Crippen LogP contribution in [0.5, 0.6) is 5.88 Å². The van der Waals surface area contributed by atoms with E-state index in [0.717, 1.165) is 35.6 Å². The average molecular weight is 742 g/mol. The number of fused-ring (bicyclic) bond motifs is 3. The van der Waals surface area contributed by atoms with Crippen molar-refractivity contribution in [1.82, 2.24) is 25.2 Å². The van der Waals surface area contributed by atoms with E-state index in [-0.39, 0.29) is 19.4 Å². The van der Waals surface area contributed by atoms with Crippen molar-refractivity contribution in [2.45, 2.75) is 106 Å². The number of hydrogen-bond acceptors (Lipinski definition) is 10. The molecule has 51 heavy (non-hydrogen) atoms. The Kier molecular flexibility index (Phi) is 10.3. The van der Waals surface area contributed by atoms with Crippen LogP contribution >= 0.6 is 11.8 Å². The molecule has 2 aliphatic heterocycles. The molecule has 2 aromatic rings. The van der Waals surface area contributed by atoms with Gasteiger partial charge in [0.05, 0.1) is 11.9 Å². The number of ether oxygens (including phenoxy) is 2. The zero-order valence-corrected chi connectivity index (χ0v) is 31.1. The fraction of sp³-hybridized carbons (Fsp3) is 0.583. The van der Waals surface area contributed by atoms with Crippen LogP contribution in [0.25, 0.3) is 10.8 Å². The maximum absolute atomic E-state index is 14.7. The molecule has 276 valence electrons. The van der Waals surface area contributed by atoms with Crippen LogP contribution in [0.4, 0.5) is 4.79 Å². The Bertz CT molecular complexity index is 1830. The Hall–Kier alpha value is -3.85. The van der Waals surface area contributed by atoms with E-state index in [9.17, 15) is 27.6 Å². The number of carbonyl (C=O) groups excluding carboxylic acids is 4. The highest BCUT2D eigenvalue weighted by Gasteiger charge is 2.62. The van der Waals surface area contributed by atoms with Gasteiger partial charge < -0.3 is 25.0 Å². The fourth-order valence-electron chi connectivity index (χ4n) is 7.02. The van der Waals surface area contributed by atoms with Crippen LogP contribution in [0.2, 0.25) is 0 Å². The number of cyclic esters (lactones) is 1. The number of thioether (sulfide) groups is 1. The van der Waals surface area contributed by atoms with Crippen molar-refractivity contribution in [3.05, 3.63) is 48.7 Å². The van der Waals surface area contributed by atoms with Gasteiger partial charge in [0.25, 0.3) is 5.91 Å². The Morgan fingerprint density at radius 1 is 1.16 bits per heavy atom. The summed E-state index contributed by atoms with van der Waals surface area (Å²) in [6, 6.07) is 5.80. The Morgan fingerprint density at radius 3 is 2.59 bits per heavy atom. The van der Waals surface area contributed by atoms with Gasteiger partial charge in [-0.25, -0.2) is 18.2 Å². The number of carbonyl (C=O) groups is 4. The number of amides is 4. The smallest absolute Gasteiger partial charge is 0.407 e. The SMILES string of the molecule is C=C[C@@H]1C[C@]1(NC(=O)[C@@H]1C[C@H]2Oc3nccc4ccc(cc34)CCCCCOC(=O)N[C@@H](C(C)(C)C)C(=O)N1C2SC)C(=O)NS(=O)(=O)C1CC1. The van der Waals surface area contributed by atoms with Crippen LogP contribution in [-0.4, -0.2) is 89.3 Å². The zero-order valence-electron chi connectivity index (χ0n) is 29.5. The Labute approximate surface area is 303 Å². The summed E-state index contributed by atoms with van der Waals surface area (Å²) in [5.41, 5.74) is -1.24. The van der Waals surface area contributed by atoms with Gasteiger partial charge in [-0.2, -0.15) is 0 Å². The normalized spacial score (nSPS) is 28.9. The molecule has 3 fully saturated rings. The molecule has 0 spiro atoms. The highest BCUT2D eigenvalue weighted by atomic mass is 32.2. The summed E-state index contributed by atoms with van der Waals surface area (Å²) in [6.07, 6.45) is 7.84. The molecule has 13 nitrogen and oxygen atoms in total. The molecule has 6 atom stereocenters. The van der Waals surface area contributed by atoms with Crippen LogP contribution in [0, 0.1) is 11.3 Å². The first-order valence-corrected chi connectivity index (χ1v) is 20.3. The molecular formula is C36H47N5O8S2. The lowest BCUT2D eigenvalue weighted by Crippen LogP contribution is -2.61. The molecule has 1 unspecified atom stereocenters. The monoisotopic (exact) mass is 741 g/mol. The van der Waals surface area contributed by atoms with Crippen molar-refractivity contribution in [2.75, 3.05) is 12.9 Å². The highest BCUT2D eigenvalue weighted by Crippen LogP contribution is 2.46. The lowest BCUT2D eigenvalue weighted by Gasteiger charge is -2.37. The first kappa shape index (κ1) is 36.9. The minimum atomic E-state index is -3.89. The molecule has 4 bridgehead atoms. The van der Waals surface area contributed by atoms with Gasteiger partial charge in [-0.1, -0.05) is 39.0 Å². The third-order valence-electron chi connectivity index (χ3n) is 10.2. The predicted molar refractivity (Wildman–Crippen MR) is 193 cm³/mol. The molecule has 1 aromatic heterocycles. The summed E-state index contributed by atoms with van der Waals surface area (Å²) >= 11 is 1.32. The average Bonchev–Trinajstić information content (AvgIpc) is 4.01. The van der Waals surface area contributed by atoms with Crippen molar-refractivity contribution in [3.8, 4) is 5.88 Å². The van der Waals surface area contributed by atoms with Crippen LogP contribution in [-0.2, 0) is 35.6 Å². The molecule has 3 heterocycles. The molecule has 6 rings (SSSR count). The van der Waals surface area contributed by atoms with E-state index in [1.54, 1.807) is 6.20 Å². The molecule has 0 radical (unpaired) electrons. The number of benzene rings is 1. The number of pyridine rings is 1. The van der Waals surface area contributed by atoms with Crippen molar-refractivity contribution in [2.24, 2.45) is 11.3 Å². The van der Waals surface area contributed by atoms with Gasteiger partial charge in [-0.3, -0.25) is 19.1 Å². The first-order chi connectivity index (χ1) is 24.2. The number of alkyl carbamates (subject to hydrolysis) is 1. The number of aryl methyl sites for hydroxylation is 1. The van der Waals surface area contributed by atoms with Crippen LogP contribution in [0.3, 0.4) is 0 Å². The quantitative estimate of drug-likeness (QED) is 0.355. The summed E-state index contributed by atoms with van der Waals surface area (Å²) in [7, 11) is -3.89. The number of aromatic nitrogens is 1. The zero-order chi connectivity index (χ0) is 36.7. The third kappa shape index (κ3) is 7.69. The molecular weight excluding hydrogens is 695 g/mol. The van der Waals surface area contributed by atoms with E-state index in [1.165, 1.54) is 22.7 Å². The van der Waals surface area contributed by atoms with Crippen LogP contribution < -0.4 is 20.1 Å². The summed E-state index contributed by atoms with van der Waals surface area (Å²) in [4.78, 5) is 61.8. The van der Waals surface area contributed by atoms with Gasteiger partial charge in [0.2, 0.25) is 27.7 Å². The van der Waals surface area contributed by atoms with E-state index in [4.69, 9.17) is 9.47 Å². The summed E-state index contributed by atoms with van der Waals surface area (Å²) in [6.45, 7) is 9.41. The van der Waals surface area contributed by atoms with E-state index < -0.39 is 79.5 Å². The topological polar surface area (TPSA) is 173 Å². The van der Waals surface area contributed by atoms with Crippen molar-refractivity contribution < 1.29 is 37.1 Å². The lowest BCUT2D eigenvalue weighted by molar-refractivity contribution is -0.143. The third-order valence-corrected chi connectivity index (χ3v) is 13.0. The predicted octanol–water partition coefficient (Wildman–Crippen LogP) is 3.81. The van der Waals surface area contributed by atoms with E-state index in [0.29, 0.717) is 25.1 Å². The van der Waals surface area contributed by atoms with Crippen LogP contribution in [0.15, 0.2) is 43.1 Å². The van der Waals surface area contributed by atoms with E-state index in [2.05, 4.69) is 39.1 Å². The van der Waals surface area contributed by atoms with Gasteiger partial charge in [-0.15, -0.1) is 18.3 Å². The number of nitrogens with zero attached hydrogens (tertiary/aromatic N) is 2. The molecule has 3 N–H and O–H groups in total. The molecule has 1 aromatic carbocycles. The van der Waals surface area contributed by atoms with Gasteiger partial charge in [-0.05, 0) is 79.7 Å². The summed E-state index contributed by atoms with van der Waals surface area (Å²) in [5, 5.41) is 6.00. The second-order valence-electron chi connectivity index (χ2n) is 15.0. The van der Waals surface area contributed by atoms with E-state index >= 15 is 0 Å². The lowest BCUT2D eigenvalue weighted by atomic mass is 9.85. The van der Waals surface area contributed by atoms with Gasteiger partial charge in [0.15, 0.2) is 0 Å².